The Bertz CT molecular complexity index is 191. The number of hydrogen-bond acceptors (Lipinski definition) is 0. The van der Waals surface area contributed by atoms with Crippen molar-refractivity contribution in [3.8, 4) is 0 Å². The van der Waals surface area contributed by atoms with Gasteiger partial charge < -0.3 is 0 Å². The fourth-order valence-corrected chi connectivity index (χ4v) is 3.09. The van der Waals surface area contributed by atoms with Crippen LogP contribution in [0.1, 0.15) is 6.42 Å². The second-order valence-corrected chi connectivity index (χ2v) is 5.89. The van der Waals surface area contributed by atoms with Crippen molar-refractivity contribution in [2.24, 2.45) is 0 Å². The zero-order valence-corrected chi connectivity index (χ0v) is 7.57. The van der Waals surface area contributed by atoms with Crippen molar-refractivity contribution in [3.05, 3.63) is 44.0 Å². The van der Waals surface area contributed by atoms with Crippen LogP contribution in [-0.2, 0) is 17.9 Å². The fourth-order valence-electron chi connectivity index (χ4n) is 1.01. The van der Waals surface area contributed by atoms with Gasteiger partial charge in [0, 0.05) is 0 Å². The van der Waals surface area contributed by atoms with Crippen molar-refractivity contribution < 1.29 is 17.9 Å². The Labute approximate surface area is 68.5 Å². The summed E-state index contributed by atoms with van der Waals surface area (Å²) in [4.78, 5) is 0. The summed E-state index contributed by atoms with van der Waals surface area (Å²) in [7, 11) is 0. The van der Waals surface area contributed by atoms with Crippen LogP contribution in [0.25, 0.3) is 0 Å². The second-order valence-electron chi connectivity index (χ2n) is 2.19. The van der Waals surface area contributed by atoms with Crippen LogP contribution >= 0.6 is 0 Å². The molecule has 1 aliphatic rings. The van der Waals surface area contributed by atoms with Gasteiger partial charge in [-0.2, -0.15) is 0 Å². The van der Waals surface area contributed by atoms with Gasteiger partial charge in [0.1, 0.15) is 0 Å². The van der Waals surface area contributed by atoms with Gasteiger partial charge in [-0.15, -0.1) is 0 Å². The molecule has 0 aromatic carbocycles. The van der Waals surface area contributed by atoms with E-state index in [9.17, 15) is 0 Å². The van der Waals surface area contributed by atoms with E-state index in [1.807, 2.05) is 0 Å². The Morgan fingerprint density at radius 2 is 2.10 bits per heavy atom. The van der Waals surface area contributed by atoms with Crippen LogP contribution in [0.5, 0.6) is 0 Å². The molecule has 0 N–H and O–H groups in total. The third-order valence-electron chi connectivity index (χ3n) is 1.58. The first-order valence-electron chi connectivity index (χ1n) is 3.36. The van der Waals surface area contributed by atoms with Gasteiger partial charge in [0.25, 0.3) is 0 Å². The molecule has 1 rings (SSSR count). The number of rotatable bonds is 3. The van der Waals surface area contributed by atoms with Gasteiger partial charge in [0.05, 0.1) is 0 Å². The third kappa shape index (κ3) is 1.59. The average Bonchev–Trinajstić information content (AvgIpc) is 2.43. The standard InChI is InChI=1S/C5H5.2C2H3.Ti/c1-2-4-5-3-1;2*1-2;/h1-3H,4H2;2*1H,2H2;. The van der Waals surface area contributed by atoms with Crippen LogP contribution < -0.4 is 0 Å². The van der Waals surface area contributed by atoms with E-state index in [-0.39, 0.29) is 0 Å². The Morgan fingerprint density at radius 3 is 2.50 bits per heavy atom. The Hall–Kier alpha value is -0.326. The molecule has 10 heavy (non-hydrogen) atoms. The molecular weight excluding hydrogens is 156 g/mol. The first-order chi connectivity index (χ1) is 4.88. The van der Waals surface area contributed by atoms with Crippen molar-refractivity contribution in [1.29, 1.82) is 0 Å². The minimum atomic E-state index is -1.18. The summed E-state index contributed by atoms with van der Waals surface area (Å²) < 4.78 is 5.74. The molecule has 0 atom stereocenters. The molecule has 0 unspecified atom stereocenters. The van der Waals surface area contributed by atoms with Crippen LogP contribution in [0.2, 0.25) is 0 Å². The quantitative estimate of drug-likeness (QED) is 0.567. The zero-order chi connectivity index (χ0) is 7.40. The van der Waals surface area contributed by atoms with Gasteiger partial charge in [-0.25, -0.2) is 0 Å². The predicted octanol–water partition coefficient (Wildman–Crippen LogP) is 2.74. The normalized spacial score (nSPS) is 14.6. The summed E-state index contributed by atoms with van der Waals surface area (Å²) in [6.45, 7) is 7.62. The van der Waals surface area contributed by atoms with Crippen LogP contribution in [0.3, 0.4) is 0 Å². The van der Waals surface area contributed by atoms with Crippen LogP contribution in [-0.4, -0.2) is 0 Å². The summed E-state index contributed by atoms with van der Waals surface area (Å²) in [5.41, 5.74) is 0. The first-order valence-corrected chi connectivity index (χ1v) is 5.94. The van der Waals surface area contributed by atoms with Crippen LogP contribution in [0.15, 0.2) is 44.0 Å². The summed E-state index contributed by atoms with van der Waals surface area (Å²) in [5.74, 6) is 0. The number of hydrogen-bond donors (Lipinski definition) is 0. The van der Waals surface area contributed by atoms with Crippen molar-refractivity contribution in [2.75, 3.05) is 0 Å². The molecule has 0 aromatic heterocycles. The summed E-state index contributed by atoms with van der Waals surface area (Å²) >= 11 is -1.18. The predicted molar refractivity (Wildman–Crippen MR) is 42.2 cm³/mol. The monoisotopic (exact) mass is 167 g/mol. The maximum atomic E-state index is 3.81. The van der Waals surface area contributed by atoms with Crippen molar-refractivity contribution in [2.45, 2.75) is 6.42 Å². The van der Waals surface area contributed by atoms with Crippen molar-refractivity contribution in [1.82, 2.24) is 0 Å². The topological polar surface area (TPSA) is 0 Å². The number of allylic oxidation sites excluding steroid dienone is 4. The van der Waals surface area contributed by atoms with E-state index in [4.69, 9.17) is 0 Å². The summed E-state index contributed by atoms with van der Waals surface area (Å²) in [6.07, 6.45) is 7.65. The Morgan fingerprint density at radius 1 is 1.40 bits per heavy atom. The molecule has 0 saturated carbocycles. The van der Waals surface area contributed by atoms with Crippen molar-refractivity contribution in [3.63, 3.8) is 0 Å². The molecule has 0 spiro atoms. The van der Waals surface area contributed by atoms with Crippen molar-refractivity contribution >= 4 is 0 Å². The van der Waals surface area contributed by atoms with E-state index in [1.54, 1.807) is 3.88 Å². The minimum absolute atomic E-state index is 1.13. The molecule has 0 fully saturated rings. The molecule has 0 saturated heterocycles. The maximum absolute atomic E-state index is 3.81. The molecule has 0 aliphatic heterocycles. The van der Waals surface area contributed by atoms with Gasteiger partial charge in [-0.3, -0.25) is 0 Å². The summed E-state index contributed by atoms with van der Waals surface area (Å²) in [5, 5.41) is 0. The van der Waals surface area contributed by atoms with Gasteiger partial charge >= 0.3 is 68.3 Å². The van der Waals surface area contributed by atoms with Crippen LogP contribution in [0, 0.1) is 0 Å². The molecular formula is C9H11Ti. The van der Waals surface area contributed by atoms with Crippen LogP contribution in [0.4, 0.5) is 0 Å². The molecule has 1 aliphatic carbocycles. The van der Waals surface area contributed by atoms with E-state index in [0.717, 1.165) is 6.42 Å². The van der Waals surface area contributed by atoms with Gasteiger partial charge in [0.15, 0.2) is 0 Å². The van der Waals surface area contributed by atoms with Gasteiger partial charge in [0.2, 0.25) is 0 Å². The third-order valence-corrected chi connectivity index (χ3v) is 4.69. The SMILES string of the molecule is C=[CH][Ti]([CH]=C)[C]1=CC=CC1. The molecule has 0 nitrogen and oxygen atoms in total. The van der Waals surface area contributed by atoms with E-state index in [1.165, 1.54) is 0 Å². The molecule has 0 radical (unpaired) electrons. The molecule has 1 heteroatoms. The van der Waals surface area contributed by atoms with E-state index >= 15 is 0 Å². The molecule has 0 bridgehead atoms. The summed E-state index contributed by atoms with van der Waals surface area (Å²) in [6, 6.07) is 0. The second kappa shape index (κ2) is 3.75. The average molecular weight is 167 g/mol. The molecule has 0 heterocycles. The molecule has 0 aromatic rings. The fraction of sp³-hybridized carbons (Fsp3) is 0.111. The zero-order valence-electron chi connectivity index (χ0n) is 6.01. The molecule has 51 valence electrons. The first kappa shape index (κ1) is 7.78. The van der Waals surface area contributed by atoms with Gasteiger partial charge in [-0.1, -0.05) is 0 Å². The Kier molecular flexibility index (Phi) is 2.92. The Balaban J connectivity index is 2.63. The molecule has 0 amide bonds. The van der Waals surface area contributed by atoms with E-state index < -0.39 is 17.9 Å². The van der Waals surface area contributed by atoms with E-state index in [0.29, 0.717) is 0 Å². The van der Waals surface area contributed by atoms with E-state index in [2.05, 4.69) is 40.1 Å². The van der Waals surface area contributed by atoms with Gasteiger partial charge in [-0.05, 0) is 0 Å².